The Morgan fingerprint density at radius 3 is 2.34 bits per heavy atom. The lowest BCUT2D eigenvalue weighted by Crippen LogP contribution is -2.50. The number of amides is 2. The van der Waals surface area contributed by atoms with Crippen LogP contribution in [0, 0.1) is 0 Å². The van der Waals surface area contributed by atoms with E-state index < -0.39 is 36.0 Å². The molecule has 1 heterocycles. The van der Waals surface area contributed by atoms with Gasteiger partial charge in [0.25, 0.3) is 0 Å². The zero-order valence-corrected chi connectivity index (χ0v) is 25.8. The summed E-state index contributed by atoms with van der Waals surface area (Å²) < 4.78 is 15.9. The van der Waals surface area contributed by atoms with Crippen LogP contribution in [-0.2, 0) is 41.6 Å². The average Bonchev–Trinajstić information content (AvgIpc) is 3.05. The molecule has 1 aliphatic heterocycles. The van der Waals surface area contributed by atoms with Crippen molar-refractivity contribution in [3.63, 3.8) is 0 Å². The number of esters is 2. The molecule has 3 rings (SSSR count). The minimum atomic E-state index is -1.08. The Morgan fingerprint density at radius 1 is 0.909 bits per heavy atom. The van der Waals surface area contributed by atoms with Crippen LogP contribution < -0.4 is 21.1 Å². The Bertz CT molecular complexity index is 1200. The molecule has 0 saturated carbocycles. The number of hydrogen-bond acceptors (Lipinski definition) is 9. The van der Waals surface area contributed by atoms with Crippen LogP contribution in [0.4, 0.5) is 0 Å². The summed E-state index contributed by atoms with van der Waals surface area (Å²) in [6.45, 7) is 2.12. The molecule has 2 aromatic carbocycles. The van der Waals surface area contributed by atoms with Crippen molar-refractivity contribution >= 4 is 23.8 Å². The molecule has 11 heteroatoms. The molecule has 0 aliphatic carbocycles. The molecule has 0 radical (unpaired) electrons. The highest BCUT2D eigenvalue weighted by atomic mass is 16.5. The van der Waals surface area contributed by atoms with Gasteiger partial charge in [-0.25, -0.2) is 4.79 Å². The molecule has 44 heavy (non-hydrogen) atoms. The van der Waals surface area contributed by atoms with E-state index in [9.17, 15) is 19.2 Å². The predicted octanol–water partition coefficient (Wildman–Crippen LogP) is 2.50. The number of nitrogens with two attached hydrogens (primary N) is 1. The number of nitrogens with zero attached hydrogens (tertiary/aromatic N) is 1. The van der Waals surface area contributed by atoms with Gasteiger partial charge in [-0.15, -0.1) is 0 Å². The fourth-order valence-corrected chi connectivity index (χ4v) is 5.07. The van der Waals surface area contributed by atoms with Crippen molar-refractivity contribution in [1.29, 1.82) is 0 Å². The third-order valence-electron chi connectivity index (χ3n) is 7.63. The number of hydrogen-bond donors (Lipinski definition) is 3. The van der Waals surface area contributed by atoms with Crippen molar-refractivity contribution in [3.8, 4) is 5.75 Å². The van der Waals surface area contributed by atoms with Gasteiger partial charge in [-0.3, -0.25) is 14.4 Å². The van der Waals surface area contributed by atoms with Gasteiger partial charge in [-0.1, -0.05) is 42.5 Å². The first-order valence-electron chi connectivity index (χ1n) is 15.3. The van der Waals surface area contributed by atoms with Crippen LogP contribution in [0.15, 0.2) is 54.6 Å². The van der Waals surface area contributed by atoms with Gasteiger partial charge in [0, 0.05) is 45.1 Å². The van der Waals surface area contributed by atoms with Crippen LogP contribution in [-0.4, -0.2) is 80.7 Å². The third kappa shape index (κ3) is 12.0. The van der Waals surface area contributed by atoms with Crippen LogP contribution in [0.1, 0.15) is 56.1 Å². The van der Waals surface area contributed by atoms with Gasteiger partial charge in [0.05, 0.1) is 20.6 Å². The van der Waals surface area contributed by atoms with E-state index in [1.54, 1.807) is 12.0 Å². The van der Waals surface area contributed by atoms with Crippen molar-refractivity contribution in [3.05, 3.63) is 65.7 Å². The number of likely N-dealkylation sites (tertiary alicyclic amines) is 1. The summed E-state index contributed by atoms with van der Waals surface area (Å²) in [7, 11) is 2.85. The summed E-state index contributed by atoms with van der Waals surface area (Å²) in [5.74, 6) is -1.06. The van der Waals surface area contributed by atoms with Crippen LogP contribution >= 0.6 is 0 Å². The monoisotopic (exact) mass is 610 g/mol. The summed E-state index contributed by atoms with van der Waals surface area (Å²) in [6.07, 6.45) is 2.57. The smallest absolute Gasteiger partial charge is 0.329 e. The Hall–Kier alpha value is -3.96. The second-order valence-electron chi connectivity index (χ2n) is 11.0. The van der Waals surface area contributed by atoms with Gasteiger partial charge < -0.3 is 35.5 Å². The van der Waals surface area contributed by atoms with Crippen LogP contribution in [0.2, 0.25) is 0 Å². The zero-order valence-electron chi connectivity index (χ0n) is 25.8. The van der Waals surface area contributed by atoms with E-state index in [0.29, 0.717) is 26.1 Å². The van der Waals surface area contributed by atoms with Gasteiger partial charge in [-0.05, 0) is 55.4 Å². The first kappa shape index (κ1) is 34.5. The van der Waals surface area contributed by atoms with Crippen LogP contribution in [0.25, 0.3) is 0 Å². The second-order valence-corrected chi connectivity index (χ2v) is 11.0. The predicted molar refractivity (Wildman–Crippen MR) is 166 cm³/mol. The molecule has 3 atom stereocenters. The Balaban J connectivity index is 1.71. The maximum absolute atomic E-state index is 13.6. The standard InChI is InChI=1S/C33H46N4O7/c1-42-26-13-9-12-25(20-26)22-35-23-29(27(34)21-24-10-5-3-6-11-24)44-33(41)28(36-30(38)15-17-32(40)43-2)14-16-31(39)37-18-7-4-8-19-37/h3,5-6,9-13,20,27-29,35H,4,7-8,14-19,21-23,34H2,1-2H3,(H,36,38)/t27-,28+,29+/m0/s1. The summed E-state index contributed by atoms with van der Waals surface area (Å²) in [5.41, 5.74) is 8.58. The van der Waals surface area contributed by atoms with Crippen molar-refractivity contribution in [2.75, 3.05) is 33.9 Å². The highest BCUT2D eigenvalue weighted by Crippen LogP contribution is 2.15. The molecule has 0 bridgehead atoms. The first-order valence-corrected chi connectivity index (χ1v) is 15.3. The summed E-state index contributed by atoms with van der Waals surface area (Å²) in [4.78, 5) is 52.5. The van der Waals surface area contributed by atoms with Gasteiger partial charge in [-0.2, -0.15) is 0 Å². The number of piperidine rings is 1. The van der Waals surface area contributed by atoms with E-state index in [1.165, 1.54) is 7.11 Å². The number of nitrogens with one attached hydrogen (secondary N) is 2. The van der Waals surface area contributed by atoms with Gasteiger partial charge in [0.2, 0.25) is 11.8 Å². The van der Waals surface area contributed by atoms with E-state index in [-0.39, 0.29) is 38.1 Å². The van der Waals surface area contributed by atoms with Crippen molar-refractivity contribution in [2.24, 2.45) is 5.73 Å². The average molecular weight is 611 g/mol. The van der Waals surface area contributed by atoms with Crippen LogP contribution in [0.3, 0.4) is 0 Å². The van der Waals surface area contributed by atoms with Crippen molar-refractivity contribution in [2.45, 2.75) is 76.1 Å². The molecule has 1 aliphatic rings. The molecular formula is C33H46N4O7. The molecule has 0 spiro atoms. The number of ether oxygens (including phenoxy) is 3. The third-order valence-corrected chi connectivity index (χ3v) is 7.63. The van der Waals surface area contributed by atoms with Gasteiger partial charge in [0.15, 0.2) is 0 Å². The molecule has 0 aromatic heterocycles. The molecule has 11 nitrogen and oxygen atoms in total. The number of carbonyl (C=O) groups is 4. The topological polar surface area (TPSA) is 149 Å². The summed E-state index contributed by atoms with van der Waals surface area (Å²) in [6, 6.07) is 15.7. The lowest BCUT2D eigenvalue weighted by molar-refractivity contribution is -0.154. The highest BCUT2D eigenvalue weighted by molar-refractivity contribution is 5.87. The fraction of sp³-hybridized carbons (Fsp3) is 0.515. The quantitative estimate of drug-likeness (QED) is 0.230. The van der Waals surface area contributed by atoms with Crippen LogP contribution in [0.5, 0.6) is 5.75 Å². The molecular weight excluding hydrogens is 564 g/mol. The molecule has 4 N–H and O–H groups in total. The highest BCUT2D eigenvalue weighted by Gasteiger charge is 2.30. The Kier molecular flexibility index (Phi) is 14.6. The largest absolute Gasteiger partial charge is 0.497 e. The minimum absolute atomic E-state index is 0.0655. The Morgan fingerprint density at radius 2 is 1.64 bits per heavy atom. The normalized spacial score (nSPS) is 15.0. The number of rotatable bonds is 17. The minimum Gasteiger partial charge on any atom is -0.497 e. The molecule has 240 valence electrons. The summed E-state index contributed by atoms with van der Waals surface area (Å²) >= 11 is 0. The second kappa shape index (κ2) is 18.6. The van der Waals surface area contributed by atoms with E-state index in [4.69, 9.17) is 15.2 Å². The van der Waals surface area contributed by atoms with Crippen molar-refractivity contribution < 1.29 is 33.4 Å². The SMILES string of the molecule is COC(=O)CCC(=O)N[C@H](CCC(=O)N1CCCCC1)C(=O)O[C@H](CNCc1cccc(OC)c1)[C@@H](N)Cc1ccccc1. The number of benzene rings is 2. The lowest BCUT2D eigenvalue weighted by Gasteiger charge is -2.29. The number of methoxy groups -OCH3 is 2. The molecule has 1 fully saturated rings. The van der Waals surface area contributed by atoms with Crippen molar-refractivity contribution in [1.82, 2.24) is 15.5 Å². The van der Waals surface area contributed by atoms with E-state index in [0.717, 1.165) is 36.1 Å². The summed E-state index contributed by atoms with van der Waals surface area (Å²) in [5, 5.41) is 6.00. The van der Waals surface area contributed by atoms with E-state index in [1.807, 2.05) is 54.6 Å². The molecule has 0 unspecified atom stereocenters. The lowest BCUT2D eigenvalue weighted by atomic mass is 10.0. The molecule has 2 aromatic rings. The van der Waals surface area contributed by atoms with E-state index in [2.05, 4.69) is 15.4 Å². The Labute approximate surface area is 259 Å². The number of carbonyl (C=O) groups excluding carboxylic acids is 4. The van der Waals surface area contributed by atoms with Gasteiger partial charge in [0.1, 0.15) is 17.9 Å². The van der Waals surface area contributed by atoms with Gasteiger partial charge >= 0.3 is 11.9 Å². The maximum atomic E-state index is 13.6. The maximum Gasteiger partial charge on any atom is 0.329 e. The molecule has 1 saturated heterocycles. The van der Waals surface area contributed by atoms with E-state index >= 15 is 0 Å². The fourth-order valence-electron chi connectivity index (χ4n) is 5.07. The molecule has 2 amide bonds. The first-order chi connectivity index (χ1) is 21.3. The zero-order chi connectivity index (χ0) is 31.7.